The molecule has 3 nitrogen and oxygen atoms in total. The molecule has 0 bridgehead atoms. The summed E-state index contributed by atoms with van der Waals surface area (Å²) in [5, 5.41) is 14.6. The molecule has 0 radical (unpaired) electrons. The molecule has 1 unspecified atom stereocenters. The largest absolute Gasteiger partial charge is 0.382 e. The van der Waals surface area contributed by atoms with Gasteiger partial charge in [0.2, 0.25) is 0 Å². The number of nitrogens with one attached hydrogen (secondary N) is 1. The molecule has 2 aromatic carbocycles. The van der Waals surface area contributed by atoms with Crippen molar-refractivity contribution in [2.24, 2.45) is 0 Å². The summed E-state index contributed by atoms with van der Waals surface area (Å²) in [6.45, 7) is 1.85. The van der Waals surface area contributed by atoms with E-state index in [0.717, 1.165) is 12.1 Å². The Kier molecular flexibility index (Phi) is 6.13. The highest BCUT2D eigenvalue weighted by atomic mass is 35.5. The normalized spacial score (nSPS) is 20.3. The van der Waals surface area contributed by atoms with Gasteiger partial charge in [0.1, 0.15) is 17.5 Å². The van der Waals surface area contributed by atoms with Gasteiger partial charge < -0.3 is 15.2 Å². The highest BCUT2D eigenvalue weighted by Gasteiger charge is 2.40. The van der Waals surface area contributed by atoms with E-state index in [1.807, 2.05) is 30.3 Å². The van der Waals surface area contributed by atoms with Crippen LogP contribution in [0.15, 0.2) is 54.6 Å². The van der Waals surface area contributed by atoms with E-state index in [2.05, 4.69) is 5.32 Å². The Morgan fingerprint density at radius 1 is 1.13 bits per heavy atom. The van der Waals surface area contributed by atoms with Crippen molar-refractivity contribution in [3.8, 4) is 0 Å². The van der Waals surface area contributed by atoms with Crippen LogP contribution in [0.2, 0.25) is 0 Å². The van der Waals surface area contributed by atoms with E-state index >= 15 is 0 Å². The summed E-state index contributed by atoms with van der Waals surface area (Å²) >= 11 is 0. The van der Waals surface area contributed by atoms with Crippen molar-refractivity contribution < 1.29 is 14.2 Å². The molecular formula is C18H21ClFNO2. The van der Waals surface area contributed by atoms with Crippen LogP contribution in [-0.4, -0.2) is 30.9 Å². The first-order valence-corrected chi connectivity index (χ1v) is 7.54. The first-order chi connectivity index (χ1) is 10.7. The first kappa shape index (κ1) is 17.9. The molecule has 0 amide bonds. The molecule has 124 valence electrons. The fourth-order valence-corrected chi connectivity index (χ4v) is 2.93. The van der Waals surface area contributed by atoms with Gasteiger partial charge in [0.25, 0.3) is 0 Å². The SMILES string of the molecule is Cl.O[C@](Cc1ccccc1F)(c1ccccc1)C1CNCCO1. The Bertz CT molecular complexity index is 619. The molecule has 2 aromatic rings. The predicted molar refractivity (Wildman–Crippen MR) is 90.3 cm³/mol. The Morgan fingerprint density at radius 2 is 1.83 bits per heavy atom. The van der Waals surface area contributed by atoms with Gasteiger partial charge in [-0.15, -0.1) is 12.4 Å². The molecule has 5 heteroatoms. The second kappa shape index (κ2) is 7.88. The zero-order valence-electron chi connectivity index (χ0n) is 12.7. The number of hydrogen-bond donors (Lipinski definition) is 2. The lowest BCUT2D eigenvalue weighted by Gasteiger charge is -2.39. The van der Waals surface area contributed by atoms with E-state index in [1.54, 1.807) is 18.2 Å². The molecule has 1 saturated heterocycles. The number of halogens is 2. The zero-order chi connectivity index (χ0) is 15.4. The van der Waals surface area contributed by atoms with Gasteiger partial charge in [0.15, 0.2) is 0 Å². The van der Waals surface area contributed by atoms with Crippen LogP contribution in [0.5, 0.6) is 0 Å². The summed E-state index contributed by atoms with van der Waals surface area (Å²) in [4.78, 5) is 0. The lowest BCUT2D eigenvalue weighted by Crippen LogP contribution is -2.52. The standard InChI is InChI=1S/C18H20FNO2.ClH/c19-16-9-5-4-6-14(16)12-18(21,15-7-2-1-3-8-15)17-13-20-10-11-22-17;/h1-9,17,20-21H,10-13H2;1H/t17?,18-;/m1./s1. The predicted octanol–water partition coefficient (Wildman–Crippen LogP) is 2.67. The van der Waals surface area contributed by atoms with Crippen LogP contribution in [0.1, 0.15) is 11.1 Å². The third kappa shape index (κ3) is 3.90. The summed E-state index contributed by atoms with van der Waals surface area (Å²) in [7, 11) is 0. The van der Waals surface area contributed by atoms with Crippen LogP contribution in [-0.2, 0) is 16.8 Å². The maximum Gasteiger partial charge on any atom is 0.126 e. The van der Waals surface area contributed by atoms with Gasteiger partial charge in [-0.25, -0.2) is 4.39 Å². The lowest BCUT2D eigenvalue weighted by atomic mass is 9.82. The minimum Gasteiger partial charge on any atom is -0.382 e. The molecular weight excluding hydrogens is 317 g/mol. The van der Waals surface area contributed by atoms with E-state index < -0.39 is 11.7 Å². The molecule has 2 atom stereocenters. The number of morpholine rings is 1. The zero-order valence-corrected chi connectivity index (χ0v) is 13.6. The van der Waals surface area contributed by atoms with Gasteiger partial charge >= 0.3 is 0 Å². The maximum absolute atomic E-state index is 14.0. The minimum absolute atomic E-state index is 0. The van der Waals surface area contributed by atoms with E-state index in [9.17, 15) is 9.50 Å². The summed E-state index contributed by atoms with van der Waals surface area (Å²) in [5.41, 5.74) is -0.0355. The molecule has 23 heavy (non-hydrogen) atoms. The fraction of sp³-hybridized carbons (Fsp3) is 0.333. The van der Waals surface area contributed by atoms with Crippen LogP contribution in [0.25, 0.3) is 0 Å². The average Bonchev–Trinajstić information content (AvgIpc) is 2.58. The highest BCUT2D eigenvalue weighted by molar-refractivity contribution is 5.85. The average molecular weight is 338 g/mol. The van der Waals surface area contributed by atoms with E-state index in [4.69, 9.17) is 4.74 Å². The van der Waals surface area contributed by atoms with Crippen LogP contribution >= 0.6 is 12.4 Å². The second-order valence-corrected chi connectivity index (χ2v) is 5.62. The van der Waals surface area contributed by atoms with Crippen molar-refractivity contribution in [2.45, 2.75) is 18.1 Å². The molecule has 1 aliphatic heterocycles. The quantitative estimate of drug-likeness (QED) is 0.901. The Labute approximate surface area is 141 Å². The van der Waals surface area contributed by atoms with Crippen molar-refractivity contribution in [2.75, 3.05) is 19.7 Å². The Morgan fingerprint density at radius 3 is 2.48 bits per heavy atom. The maximum atomic E-state index is 14.0. The summed E-state index contributed by atoms with van der Waals surface area (Å²) in [6.07, 6.45) is -0.237. The van der Waals surface area contributed by atoms with E-state index in [1.165, 1.54) is 6.07 Å². The van der Waals surface area contributed by atoms with Crippen molar-refractivity contribution in [1.82, 2.24) is 5.32 Å². The second-order valence-electron chi connectivity index (χ2n) is 5.62. The van der Waals surface area contributed by atoms with Crippen molar-refractivity contribution in [3.05, 3.63) is 71.5 Å². The van der Waals surface area contributed by atoms with Gasteiger partial charge in [0.05, 0.1) is 6.61 Å². The number of hydrogen-bond acceptors (Lipinski definition) is 3. The number of ether oxygens (including phenoxy) is 1. The number of aliphatic hydroxyl groups is 1. The van der Waals surface area contributed by atoms with E-state index in [-0.39, 0.29) is 24.6 Å². The molecule has 1 fully saturated rings. The lowest BCUT2D eigenvalue weighted by molar-refractivity contribution is -0.124. The number of rotatable bonds is 4. The molecule has 2 N–H and O–H groups in total. The van der Waals surface area contributed by atoms with Crippen LogP contribution in [0, 0.1) is 5.82 Å². The number of benzene rings is 2. The smallest absolute Gasteiger partial charge is 0.126 e. The summed E-state index contributed by atoms with van der Waals surface area (Å²) < 4.78 is 19.8. The Hall–Kier alpha value is -1.46. The summed E-state index contributed by atoms with van der Waals surface area (Å²) in [6, 6.07) is 15.9. The van der Waals surface area contributed by atoms with Gasteiger partial charge in [-0.2, -0.15) is 0 Å². The Balaban J connectivity index is 0.00000192. The molecule has 0 aliphatic carbocycles. The van der Waals surface area contributed by atoms with Gasteiger partial charge in [0, 0.05) is 19.5 Å². The molecule has 0 saturated carbocycles. The van der Waals surface area contributed by atoms with Crippen LogP contribution in [0.4, 0.5) is 4.39 Å². The van der Waals surface area contributed by atoms with E-state index in [0.29, 0.717) is 18.7 Å². The van der Waals surface area contributed by atoms with Crippen molar-refractivity contribution >= 4 is 12.4 Å². The molecule has 0 spiro atoms. The molecule has 1 aliphatic rings. The van der Waals surface area contributed by atoms with Crippen LogP contribution in [0.3, 0.4) is 0 Å². The van der Waals surface area contributed by atoms with Crippen LogP contribution < -0.4 is 5.32 Å². The van der Waals surface area contributed by atoms with Crippen molar-refractivity contribution in [3.63, 3.8) is 0 Å². The minimum atomic E-state index is -1.27. The third-order valence-electron chi connectivity index (χ3n) is 4.15. The van der Waals surface area contributed by atoms with Gasteiger partial charge in [-0.05, 0) is 17.2 Å². The fourth-order valence-electron chi connectivity index (χ4n) is 2.93. The molecule has 0 aromatic heterocycles. The molecule has 1 heterocycles. The highest BCUT2D eigenvalue weighted by Crippen LogP contribution is 2.32. The summed E-state index contributed by atoms with van der Waals surface area (Å²) in [5.74, 6) is -0.305. The molecule has 3 rings (SSSR count). The van der Waals surface area contributed by atoms with Gasteiger partial charge in [-0.1, -0.05) is 48.5 Å². The van der Waals surface area contributed by atoms with Gasteiger partial charge in [-0.3, -0.25) is 0 Å². The van der Waals surface area contributed by atoms with Crippen molar-refractivity contribution in [1.29, 1.82) is 0 Å². The topological polar surface area (TPSA) is 41.5 Å². The monoisotopic (exact) mass is 337 g/mol. The third-order valence-corrected chi connectivity index (χ3v) is 4.15. The first-order valence-electron chi connectivity index (χ1n) is 7.54.